The number of likely N-dealkylation sites (tertiary alicyclic amines) is 1. The van der Waals surface area contributed by atoms with Crippen molar-refractivity contribution in [1.82, 2.24) is 15.5 Å². The van der Waals surface area contributed by atoms with E-state index in [0.29, 0.717) is 0 Å². The molecule has 1 saturated carbocycles. The Morgan fingerprint density at radius 1 is 1.22 bits per heavy atom. The van der Waals surface area contributed by atoms with Gasteiger partial charge in [-0.2, -0.15) is 0 Å². The largest absolute Gasteiger partial charge is 0.351 e. The van der Waals surface area contributed by atoms with Crippen molar-refractivity contribution in [3.8, 4) is 0 Å². The fraction of sp³-hybridized carbons (Fsp3) is 0.933. The van der Waals surface area contributed by atoms with E-state index < -0.39 is 12.0 Å². The molecular formula is C15H27Cl2F2N3O. The Morgan fingerprint density at radius 2 is 1.91 bits per heavy atom. The zero-order valence-corrected chi connectivity index (χ0v) is 14.9. The van der Waals surface area contributed by atoms with Crippen LogP contribution in [0.3, 0.4) is 0 Å². The lowest BCUT2D eigenvalue weighted by atomic mass is 10.1. The maximum atomic E-state index is 13.1. The minimum atomic E-state index is -2.74. The van der Waals surface area contributed by atoms with E-state index in [9.17, 15) is 13.6 Å². The number of hydrogen-bond donors (Lipinski definition) is 2. The van der Waals surface area contributed by atoms with Crippen molar-refractivity contribution in [2.45, 2.75) is 56.5 Å². The minimum Gasteiger partial charge on any atom is -0.351 e. The predicted octanol–water partition coefficient (Wildman–Crippen LogP) is 2.21. The van der Waals surface area contributed by atoms with E-state index in [-0.39, 0.29) is 49.7 Å². The Bertz CT molecular complexity index is 395. The fourth-order valence-electron chi connectivity index (χ4n) is 3.88. The Balaban J connectivity index is 0.00000132. The highest BCUT2D eigenvalue weighted by Gasteiger charge is 2.42. The quantitative estimate of drug-likeness (QED) is 0.793. The standard InChI is InChI=1S/C15H25F2N3O.2ClH/c16-15(17)7-13(18-10-15)14(21)19-12-5-6-20(9-12)8-11-3-1-2-4-11;;/h11-13,18H,1-10H2,(H,19,21);2*1H. The van der Waals surface area contributed by atoms with Gasteiger partial charge in [-0.15, -0.1) is 24.8 Å². The first-order valence-electron chi connectivity index (χ1n) is 8.16. The third-order valence-corrected chi connectivity index (χ3v) is 5.04. The van der Waals surface area contributed by atoms with Gasteiger partial charge in [-0.1, -0.05) is 12.8 Å². The molecule has 3 rings (SSSR count). The average Bonchev–Trinajstić information content (AvgIpc) is 3.12. The molecule has 0 radical (unpaired) electrons. The van der Waals surface area contributed by atoms with Crippen molar-refractivity contribution in [3.63, 3.8) is 0 Å². The van der Waals surface area contributed by atoms with E-state index in [1.54, 1.807) is 0 Å². The van der Waals surface area contributed by atoms with E-state index in [4.69, 9.17) is 0 Å². The summed E-state index contributed by atoms with van der Waals surface area (Å²) in [6, 6.07) is -0.612. The van der Waals surface area contributed by atoms with Gasteiger partial charge in [-0.05, 0) is 25.2 Å². The van der Waals surface area contributed by atoms with Gasteiger partial charge in [-0.3, -0.25) is 10.1 Å². The molecule has 1 aliphatic carbocycles. The lowest BCUT2D eigenvalue weighted by Crippen LogP contribution is -2.46. The molecule has 0 aromatic heterocycles. The zero-order valence-electron chi connectivity index (χ0n) is 13.2. The highest BCUT2D eigenvalue weighted by Crippen LogP contribution is 2.27. The van der Waals surface area contributed by atoms with Gasteiger partial charge in [0, 0.05) is 32.1 Å². The number of hydrogen-bond acceptors (Lipinski definition) is 3. The minimum absolute atomic E-state index is 0. The van der Waals surface area contributed by atoms with Crippen molar-refractivity contribution >= 4 is 30.7 Å². The summed E-state index contributed by atoms with van der Waals surface area (Å²) in [6.45, 7) is 2.62. The molecule has 8 heteroatoms. The smallest absolute Gasteiger partial charge is 0.262 e. The number of rotatable bonds is 4. The van der Waals surface area contributed by atoms with Crippen LogP contribution in [0.1, 0.15) is 38.5 Å². The third-order valence-electron chi connectivity index (χ3n) is 5.04. The summed E-state index contributed by atoms with van der Waals surface area (Å²) < 4.78 is 26.2. The highest BCUT2D eigenvalue weighted by molar-refractivity contribution is 5.85. The molecule has 1 amide bonds. The normalized spacial score (nSPS) is 30.7. The van der Waals surface area contributed by atoms with Gasteiger partial charge in [0.1, 0.15) is 0 Å². The highest BCUT2D eigenvalue weighted by atomic mass is 35.5. The van der Waals surface area contributed by atoms with Crippen LogP contribution in [0.15, 0.2) is 0 Å². The molecule has 2 aliphatic heterocycles. The summed E-state index contributed by atoms with van der Waals surface area (Å²) in [6.07, 6.45) is 5.91. The number of nitrogens with one attached hydrogen (secondary N) is 2. The maximum absolute atomic E-state index is 13.1. The van der Waals surface area contributed by atoms with Crippen LogP contribution in [0.25, 0.3) is 0 Å². The van der Waals surface area contributed by atoms with E-state index in [2.05, 4.69) is 15.5 Å². The molecule has 2 unspecified atom stereocenters. The fourth-order valence-corrected chi connectivity index (χ4v) is 3.88. The van der Waals surface area contributed by atoms with Gasteiger partial charge < -0.3 is 10.2 Å². The molecule has 23 heavy (non-hydrogen) atoms. The van der Waals surface area contributed by atoms with Crippen LogP contribution >= 0.6 is 24.8 Å². The van der Waals surface area contributed by atoms with Gasteiger partial charge >= 0.3 is 0 Å². The summed E-state index contributed by atoms with van der Waals surface area (Å²) in [5.41, 5.74) is 0. The molecule has 4 nitrogen and oxygen atoms in total. The monoisotopic (exact) mass is 373 g/mol. The molecule has 2 atom stereocenters. The molecule has 2 saturated heterocycles. The molecule has 0 aromatic carbocycles. The summed E-state index contributed by atoms with van der Waals surface area (Å²) in [4.78, 5) is 14.4. The Kier molecular flexibility index (Phi) is 7.98. The number of nitrogens with zero attached hydrogens (tertiary/aromatic N) is 1. The molecule has 2 heterocycles. The van der Waals surface area contributed by atoms with E-state index in [0.717, 1.165) is 32.0 Å². The van der Waals surface area contributed by atoms with Crippen molar-refractivity contribution in [1.29, 1.82) is 0 Å². The first-order chi connectivity index (χ1) is 10.0. The van der Waals surface area contributed by atoms with Crippen LogP contribution in [0.2, 0.25) is 0 Å². The Hall–Kier alpha value is -0.170. The second kappa shape index (κ2) is 8.79. The molecule has 0 spiro atoms. The number of carbonyl (C=O) groups excluding carboxylic acids is 1. The SMILES string of the molecule is Cl.Cl.O=C(NC1CCN(CC2CCCC2)C1)C1CC(F)(F)CN1. The molecule has 136 valence electrons. The molecule has 0 bridgehead atoms. The van der Waals surface area contributed by atoms with Crippen LogP contribution in [-0.2, 0) is 4.79 Å². The van der Waals surface area contributed by atoms with E-state index in [1.807, 2.05) is 0 Å². The summed E-state index contributed by atoms with van der Waals surface area (Å²) >= 11 is 0. The lowest BCUT2D eigenvalue weighted by Gasteiger charge is -2.21. The van der Waals surface area contributed by atoms with Gasteiger partial charge in [0.25, 0.3) is 5.92 Å². The van der Waals surface area contributed by atoms with E-state index in [1.165, 1.54) is 25.7 Å². The summed E-state index contributed by atoms with van der Waals surface area (Å²) in [5.74, 6) is -2.19. The van der Waals surface area contributed by atoms with Crippen LogP contribution in [0, 0.1) is 5.92 Å². The zero-order chi connectivity index (χ0) is 14.9. The molecule has 0 aromatic rings. The van der Waals surface area contributed by atoms with Crippen LogP contribution < -0.4 is 10.6 Å². The third kappa shape index (κ3) is 5.69. The maximum Gasteiger partial charge on any atom is 0.262 e. The van der Waals surface area contributed by atoms with Crippen molar-refractivity contribution in [3.05, 3.63) is 0 Å². The number of amides is 1. The molecule has 2 N–H and O–H groups in total. The predicted molar refractivity (Wildman–Crippen MR) is 90.8 cm³/mol. The van der Waals surface area contributed by atoms with Crippen LogP contribution in [0.5, 0.6) is 0 Å². The van der Waals surface area contributed by atoms with Gasteiger partial charge in [-0.25, -0.2) is 8.78 Å². The first-order valence-corrected chi connectivity index (χ1v) is 8.16. The Morgan fingerprint density at radius 3 is 2.52 bits per heavy atom. The van der Waals surface area contributed by atoms with Crippen molar-refractivity contribution in [2.24, 2.45) is 5.92 Å². The second-order valence-corrected chi connectivity index (χ2v) is 6.90. The van der Waals surface area contributed by atoms with Crippen LogP contribution in [0.4, 0.5) is 8.78 Å². The first kappa shape index (κ1) is 20.9. The molecular weight excluding hydrogens is 347 g/mol. The van der Waals surface area contributed by atoms with E-state index >= 15 is 0 Å². The number of carbonyl (C=O) groups is 1. The topological polar surface area (TPSA) is 44.4 Å². The molecule has 3 fully saturated rings. The average molecular weight is 374 g/mol. The second-order valence-electron chi connectivity index (χ2n) is 6.90. The van der Waals surface area contributed by atoms with Gasteiger partial charge in [0.05, 0.1) is 12.6 Å². The van der Waals surface area contributed by atoms with Crippen molar-refractivity contribution in [2.75, 3.05) is 26.2 Å². The summed E-state index contributed by atoms with van der Waals surface area (Å²) in [5, 5.41) is 5.55. The number of halogens is 4. The van der Waals surface area contributed by atoms with Crippen LogP contribution in [-0.4, -0.2) is 55.0 Å². The number of alkyl halides is 2. The molecule has 3 aliphatic rings. The van der Waals surface area contributed by atoms with Gasteiger partial charge in [0.2, 0.25) is 5.91 Å². The van der Waals surface area contributed by atoms with Gasteiger partial charge in [0.15, 0.2) is 0 Å². The van der Waals surface area contributed by atoms with Crippen molar-refractivity contribution < 1.29 is 13.6 Å². The lowest BCUT2D eigenvalue weighted by molar-refractivity contribution is -0.124. The summed E-state index contributed by atoms with van der Waals surface area (Å²) in [7, 11) is 0. The Labute approximate surface area is 148 Å².